The zero-order valence-electron chi connectivity index (χ0n) is 10.7. The van der Waals surface area contributed by atoms with Crippen LogP contribution in [0.3, 0.4) is 0 Å². The number of amides is 1. The van der Waals surface area contributed by atoms with Crippen LogP contribution in [0.2, 0.25) is 10.0 Å². The second kappa shape index (κ2) is 6.95. The fourth-order valence-corrected chi connectivity index (χ4v) is 2.52. The summed E-state index contributed by atoms with van der Waals surface area (Å²) in [6, 6.07) is 12.3. The van der Waals surface area contributed by atoms with Crippen LogP contribution in [0.5, 0.6) is 0 Å². The van der Waals surface area contributed by atoms with Gasteiger partial charge in [-0.15, -0.1) is 0 Å². The molecular weight excluding hydrogens is 375 g/mol. The highest BCUT2D eigenvalue weighted by Crippen LogP contribution is 2.35. The lowest BCUT2D eigenvalue weighted by molar-refractivity contribution is -0.115. The summed E-state index contributed by atoms with van der Waals surface area (Å²) in [4.78, 5) is 12.0. The van der Waals surface area contributed by atoms with Gasteiger partial charge < -0.3 is 5.32 Å². The van der Waals surface area contributed by atoms with Gasteiger partial charge >= 0.3 is 0 Å². The number of carbonyl (C=O) groups excluding carboxylic acids is 1. The van der Waals surface area contributed by atoms with Crippen LogP contribution >= 0.6 is 39.1 Å². The largest absolute Gasteiger partial charge is 0.324 e. The van der Waals surface area contributed by atoms with Crippen molar-refractivity contribution in [2.45, 2.75) is 6.42 Å². The fraction of sp³-hybridized carbons (Fsp3) is 0.0667. The summed E-state index contributed by atoms with van der Waals surface area (Å²) < 4.78 is 0.666. The van der Waals surface area contributed by atoms with E-state index in [0.29, 0.717) is 25.8 Å². The molecule has 0 unspecified atom stereocenters. The van der Waals surface area contributed by atoms with Gasteiger partial charge in [0.15, 0.2) is 0 Å². The van der Waals surface area contributed by atoms with E-state index in [2.05, 4.69) is 21.2 Å². The number of nitrogens with zero attached hydrogens (tertiary/aromatic N) is 1. The van der Waals surface area contributed by atoms with Crippen molar-refractivity contribution >= 4 is 50.7 Å². The molecular formula is C15H9BrCl2N2O. The van der Waals surface area contributed by atoms with Gasteiger partial charge in [0.05, 0.1) is 33.8 Å². The summed E-state index contributed by atoms with van der Waals surface area (Å²) in [7, 11) is 0. The Morgan fingerprint density at radius 1 is 1.14 bits per heavy atom. The molecule has 0 heterocycles. The highest BCUT2D eigenvalue weighted by atomic mass is 79.9. The lowest BCUT2D eigenvalue weighted by atomic mass is 10.1. The summed E-state index contributed by atoms with van der Waals surface area (Å²) in [6.45, 7) is 0. The molecule has 0 fully saturated rings. The van der Waals surface area contributed by atoms with Crippen molar-refractivity contribution in [1.29, 1.82) is 5.26 Å². The first-order valence-corrected chi connectivity index (χ1v) is 7.48. The molecule has 0 radical (unpaired) electrons. The van der Waals surface area contributed by atoms with Gasteiger partial charge in [-0.2, -0.15) is 5.26 Å². The van der Waals surface area contributed by atoms with Gasteiger partial charge in [-0.05, 0) is 45.8 Å². The third kappa shape index (κ3) is 3.98. The Morgan fingerprint density at radius 3 is 2.43 bits per heavy atom. The molecule has 3 nitrogen and oxygen atoms in total. The van der Waals surface area contributed by atoms with Gasteiger partial charge in [0.25, 0.3) is 0 Å². The monoisotopic (exact) mass is 382 g/mol. The maximum absolute atomic E-state index is 12.0. The summed E-state index contributed by atoms with van der Waals surface area (Å²) in [5.74, 6) is -0.208. The average Bonchev–Trinajstić information content (AvgIpc) is 2.49. The molecule has 0 saturated carbocycles. The van der Waals surface area contributed by atoms with E-state index in [4.69, 9.17) is 28.5 Å². The van der Waals surface area contributed by atoms with Crippen molar-refractivity contribution in [1.82, 2.24) is 0 Å². The minimum atomic E-state index is -0.208. The molecule has 21 heavy (non-hydrogen) atoms. The van der Waals surface area contributed by atoms with E-state index in [-0.39, 0.29) is 12.3 Å². The van der Waals surface area contributed by atoms with Crippen molar-refractivity contribution < 1.29 is 4.79 Å². The molecule has 106 valence electrons. The average molecular weight is 384 g/mol. The van der Waals surface area contributed by atoms with Crippen molar-refractivity contribution in [3.63, 3.8) is 0 Å². The molecule has 0 aromatic heterocycles. The normalized spacial score (nSPS) is 10.0. The number of anilines is 1. The van der Waals surface area contributed by atoms with Gasteiger partial charge in [-0.3, -0.25) is 4.79 Å². The van der Waals surface area contributed by atoms with E-state index in [0.717, 1.165) is 5.56 Å². The van der Waals surface area contributed by atoms with Crippen molar-refractivity contribution in [3.05, 3.63) is 62.0 Å². The van der Waals surface area contributed by atoms with E-state index in [1.807, 2.05) is 6.07 Å². The number of benzene rings is 2. The van der Waals surface area contributed by atoms with Crippen LogP contribution in [-0.4, -0.2) is 5.91 Å². The zero-order chi connectivity index (χ0) is 15.4. The Morgan fingerprint density at radius 2 is 1.81 bits per heavy atom. The van der Waals surface area contributed by atoms with Crippen LogP contribution in [0.25, 0.3) is 0 Å². The molecule has 0 aliphatic heterocycles. The van der Waals surface area contributed by atoms with Crippen LogP contribution < -0.4 is 5.32 Å². The molecule has 0 bridgehead atoms. The van der Waals surface area contributed by atoms with Crippen LogP contribution in [0.1, 0.15) is 11.1 Å². The maximum atomic E-state index is 12.0. The Bertz CT molecular complexity index is 724. The first-order valence-electron chi connectivity index (χ1n) is 5.93. The Hall–Kier alpha value is -1.54. The van der Waals surface area contributed by atoms with Crippen molar-refractivity contribution in [3.8, 4) is 6.07 Å². The molecule has 0 saturated heterocycles. The highest BCUT2D eigenvalue weighted by molar-refractivity contribution is 9.10. The third-order valence-corrected chi connectivity index (χ3v) is 4.53. The van der Waals surface area contributed by atoms with E-state index in [1.165, 1.54) is 0 Å². The number of hydrogen-bond donors (Lipinski definition) is 1. The van der Waals surface area contributed by atoms with Gasteiger partial charge in [0.1, 0.15) is 0 Å². The van der Waals surface area contributed by atoms with Crippen LogP contribution in [0.4, 0.5) is 5.69 Å². The van der Waals surface area contributed by atoms with E-state index < -0.39 is 0 Å². The molecule has 6 heteroatoms. The fourth-order valence-electron chi connectivity index (χ4n) is 1.70. The quantitative estimate of drug-likeness (QED) is 0.773. The molecule has 0 aliphatic carbocycles. The molecule has 2 aromatic rings. The predicted molar refractivity (Wildman–Crippen MR) is 87.7 cm³/mol. The standard InChI is InChI=1S/C15H9BrCl2N2O/c16-11-5-6-12(15(18)14(11)17)20-13(21)7-9-1-3-10(8-19)4-2-9/h1-6H,7H2,(H,20,21). The Balaban J connectivity index is 2.08. The molecule has 2 rings (SSSR count). The maximum Gasteiger partial charge on any atom is 0.228 e. The Labute approximate surface area is 140 Å². The number of carbonyl (C=O) groups is 1. The summed E-state index contributed by atoms with van der Waals surface area (Å²) >= 11 is 15.3. The zero-order valence-corrected chi connectivity index (χ0v) is 13.8. The molecule has 2 aromatic carbocycles. The van der Waals surface area contributed by atoms with E-state index >= 15 is 0 Å². The van der Waals surface area contributed by atoms with E-state index in [9.17, 15) is 4.79 Å². The smallest absolute Gasteiger partial charge is 0.228 e. The predicted octanol–water partition coefficient (Wildman–Crippen LogP) is 4.81. The first-order chi connectivity index (χ1) is 10.0. The van der Waals surface area contributed by atoms with Crippen LogP contribution in [0, 0.1) is 11.3 Å². The van der Waals surface area contributed by atoms with Crippen LogP contribution in [-0.2, 0) is 11.2 Å². The van der Waals surface area contributed by atoms with Crippen LogP contribution in [0.15, 0.2) is 40.9 Å². The van der Waals surface area contributed by atoms with Gasteiger partial charge in [0, 0.05) is 4.47 Å². The third-order valence-electron chi connectivity index (χ3n) is 2.76. The lowest BCUT2D eigenvalue weighted by Gasteiger charge is -2.09. The van der Waals surface area contributed by atoms with E-state index in [1.54, 1.807) is 36.4 Å². The molecule has 0 atom stereocenters. The van der Waals surface area contributed by atoms with Crippen molar-refractivity contribution in [2.75, 3.05) is 5.32 Å². The molecule has 1 amide bonds. The summed E-state index contributed by atoms with van der Waals surface area (Å²) in [5, 5.41) is 12.1. The summed E-state index contributed by atoms with van der Waals surface area (Å²) in [6.07, 6.45) is 0.190. The number of hydrogen-bond acceptors (Lipinski definition) is 2. The molecule has 0 aliphatic rings. The number of nitriles is 1. The first kappa shape index (κ1) is 15.8. The minimum absolute atomic E-state index is 0.190. The summed E-state index contributed by atoms with van der Waals surface area (Å²) in [5.41, 5.74) is 1.83. The number of nitrogens with one attached hydrogen (secondary N) is 1. The molecule has 1 N–H and O–H groups in total. The van der Waals surface area contributed by atoms with Gasteiger partial charge in [0.2, 0.25) is 5.91 Å². The lowest BCUT2D eigenvalue weighted by Crippen LogP contribution is -2.14. The van der Waals surface area contributed by atoms with Gasteiger partial charge in [-0.25, -0.2) is 0 Å². The topological polar surface area (TPSA) is 52.9 Å². The molecule has 0 spiro atoms. The highest BCUT2D eigenvalue weighted by Gasteiger charge is 2.11. The number of halogens is 3. The minimum Gasteiger partial charge on any atom is -0.324 e. The number of rotatable bonds is 3. The second-order valence-corrected chi connectivity index (χ2v) is 5.87. The van der Waals surface area contributed by atoms with Gasteiger partial charge in [-0.1, -0.05) is 35.3 Å². The Kier molecular flexibility index (Phi) is 5.24. The van der Waals surface area contributed by atoms with Crippen molar-refractivity contribution in [2.24, 2.45) is 0 Å². The second-order valence-electron chi connectivity index (χ2n) is 4.26. The SMILES string of the molecule is N#Cc1ccc(CC(=O)Nc2ccc(Br)c(Cl)c2Cl)cc1.